The van der Waals surface area contributed by atoms with E-state index in [1.807, 2.05) is 19.1 Å². The van der Waals surface area contributed by atoms with Gasteiger partial charge in [0.15, 0.2) is 0 Å². The molecule has 3 nitrogen and oxygen atoms in total. The Bertz CT molecular complexity index is 431. The van der Waals surface area contributed by atoms with Crippen molar-refractivity contribution in [3.63, 3.8) is 0 Å². The minimum absolute atomic E-state index is 0.238. The van der Waals surface area contributed by atoms with Gasteiger partial charge >= 0.3 is 0 Å². The first-order valence-electron chi connectivity index (χ1n) is 8.21. The first-order valence-corrected chi connectivity index (χ1v) is 8.21. The van der Waals surface area contributed by atoms with Crippen molar-refractivity contribution in [3.05, 3.63) is 29.8 Å². The summed E-state index contributed by atoms with van der Waals surface area (Å²) in [7, 11) is 0. The third-order valence-electron chi connectivity index (χ3n) is 4.50. The van der Waals surface area contributed by atoms with E-state index in [4.69, 9.17) is 4.74 Å². The monoisotopic (exact) mass is 291 g/mol. The van der Waals surface area contributed by atoms with Crippen LogP contribution in [0.4, 0.5) is 0 Å². The third kappa shape index (κ3) is 4.72. The average Bonchev–Trinajstić information content (AvgIpc) is 2.46. The van der Waals surface area contributed by atoms with E-state index in [-0.39, 0.29) is 6.04 Å². The summed E-state index contributed by atoms with van der Waals surface area (Å²) in [5.74, 6) is 1.54. The van der Waals surface area contributed by atoms with E-state index in [0.717, 1.165) is 25.0 Å². The summed E-state index contributed by atoms with van der Waals surface area (Å²) in [6.45, 7) is 7.74. The summed E-state index contributed by atoms with van der Waals surface area (Å²) >= 11 is 0. The van der Waals surface area contributed by atoms with Crippen molar-refractivity contribution < 1.29 is 9.84 Å². The molecule has 0 amide bonds. The van der Waals surface area contributed by atoms with Gasteiger partial charge in [0.2, 0.25) is 0 Å². The van der Waals surface area contributed by atoms with Gasteiger partial charge in [0.1, 0.15) is 5.75 Å². The van der Waals surface area contributed by atoms with Crippen LogP contribution in [0, 0.1) is 5.92 Å². The number of rotatable bonds is 6. The SMILES string of the molecule is CCOc1ccc(C(C)NCC2(O)CCCC(C)C2)cc1. The molecule has 1 aromatic rings. The van der Waals surface area contributed by atoms with Gasteiger partial charge in [0, 0.05) is 12.6 Å². The van der Waals surface area contributed by atoms with Crippen molar-refractivity contribution in [1.29, 1.82) is 0 Å². The summed E-state index contributed by atoms with van der Waals surface area (Å²) in [6, 6.07) is 8.44. The van der Waals surface area contributed by atoms with E-state index in [1.165, 1.54) is 12.0 Å². The van der Waals surface area contributed by atoms with Crippen LogP contribution in [0.5, 0.6) is 5.75 Å². The highest BCUT2D eigenvalue weighted by Gasteiger charge is 2.32. The lowest BCUT2D eigenvalue weighted by Crippen LogP contribution is -2.44. The van der Waals surface area contributed by atoms with E-state index in [2.05, 4.69) is 31.3 Å². The second kappa shape index (κ2) is 7.28. The Labute approximate surface area is 128 Å². The maximum Gasteiger partial charge on any atom is 0.119 e. The molecule has 1 saturated carbocycles. The van der Waals surface area contributed by atoms with Gasteiger partial charge in [-0.3, -0.25) is 0 Å². The molecule has 118 valence electrons. The van der Waals surface area contributed by atoms with Crippen LogP contribution in [0.1, 0.15) is 58.1 Å². The summed E-state index contributed by atoms with van der Waals surface area (Å²) in [5, 5.41) is 14.2. The molecule has 2 rings (SSSR count). The number of benzene rings is 1. The molecule has 1 aromatic carbocycles. The van der Waals surface area contributed by atoms with Gasteiger partial charge in [0.05, 0.1) is 12.2 Å². The van der Waals surface area contributed by atoms with Gasteiger partial charge in [-0.1, -0.05) is 31.9 Å². The fraction of sp³-hybridized carbons (Fsp3) is 0.667. The molecular formula is C18H29NO2. The maximum absolute atomic E-state index is 10.7. The molecule has 3 atom stereocenters. The van der Waals surface area contributed by atoms with E-state index < -0.39 is 5.60 Å². The van der Waals surface area contributed by atoms with E-state index in [1.54, 1.807) is 0 Å². The largest absolute Gasteiger partial charge is 0.494 e. The summed E-state index contributed by atoms with van der Waals surface area (Å²) < 4.78 is 5.46. The molecule has 3 heteroatoms. The van der Waals surface area contributed by atoms with E-state index >= 15 is 0 Å². The van der Waals surface area contributed by atoms with Gasteiger partial charge in [-0.25, -0.2) is 0 Å². The zero-order valence-electron chi connectivity index (χ0n) is 13.6. The van der Waals surface area contributed by atoms with E-state index in [0.29, 0.717) is 19.1 Å². The zero-order valence-corrected chi connectivity index (χ0v) is 13.6. The lowest BCUT2D eigenvalue weighted by molar-refractivity contribution is -0.0134. The third-order valence-corrected chi connectivity index (χ3v) is 4.50. The molecule has 0 saturated heterocycles. The Morgan fingerprint density at radius 3 is 2.71 bits per heavy atom. The molecule has 3 unspecified atom stereocenters. The van der Waals surface area contributed by atoms with Crippen LogP contribution >= 0.6 is 0 Å². The lowest BCUT2D eigenvalue weighted by Gasteiger charge is -2.36. The fourth-order valence-corrected chi connectivity index (χ4v) is 3.27. The van der Waals surface area contributed by atoms with Crippen LogP contribution in [-0.2, 0) is 0 Å². The van der Waals surface area contributed by atoms with Crippen molar-refractivity contribution >= 4 is 0 Å². The quantitative estimate of drug-likeness (QED) is 0.840. The van der Waals surface area contributed by atoms with Crippen molar-refractivity contribution in [2.75, 3.05) is 13.2 Å². The number of aliphatic hydroxyl groups is 1. The Balaban J connectivity index is 1.87. The maximum atomic E-state index is 10.7. The Morgan fingerprint density at radius 1 is 1.38 bits per heavy atom. The molecule has 1 aliphatic rings. The molecule has 0 bridgehead atoms. The number of nitrogens with one attached hydrogen (secondary N) is 1. The Kier molecular flexibility index (Phi) is 5.65. The van der Waals surface area contributed by atoms with Crippen molar-refractivity contribution in [3.8, 4) is 5.75 Å². The topological polar surface area (TPSA) is 41.5 Å². The molecule has 0 radical (unpaired) electrons. The van der Waals surface area contributed by atoms with E-state index in [9.17, 15) is 5.11 Å². The highest BCUT2D eigenvalue weighted by Crippen LogP contribution is 2.32. The highest BCUT2D eigenvalue weighted by atomic mass is 16.5. The molecule has 0 aromatic heterocycles. The predicted octanol–water partition coefficient (Wildman–Crippen LogP) is 3.68. The lowest BCUT2D eigenvalue weighted by atomic mass is 9.79. The van der Waals surface area contributed by atoms with Gasteiger partial charge < -0.3 is 15.2 Å². The molecule has 1 fully saturated rings. The van der Waals surface area contributed by atoms with Crippen LogP contribution in [0.3, 0.4) is 0 Å². The standard InChI is InChI=1S/C18H29NO2/c1-4-21-17-9-7-16(8-10-17)15(3)19-13-18(20)11-5-6-14(2)12-18/h7-10,14-15,19-20H,4-6,11-13H2,1-3H3. The molecule has 0 heterocycles. The molecule has 1 aliphatic carbocycles. The molecule has 0 spiro atoms. The second-order valence-corrected chi connectivity index (χ2v) is 6.53. The first-order chi connectivity index (χ1) is 10.0. The van der Waals surface area contributed by atoms with Crippen LogP contribution in [0.2, 0.25) is 0 Å². The van der Waals surface area contributed by atoms with Crippen LogP contribution < -0.4 is 10.1 Å². The minimum atomic E-state index is -0.531. The number of hydrogen-bond acceptors (Lipinski definition) is 3. The van der Waals surface area contributed by atoms with Crippen molar-refractivity contribution in [1.82, 2.24) is 5.32 Å². The fourth-order valence-electron chi connectivity index (χ4n) is 3.27. The molecule has 2 N–H and O–H groups in total. The second-order valence-electron chi connectivity index (χ2n) is 6.53. The molecule has 0 aliphatic heterocycles. The predicted molar refractivity (Wildman–Crippen MR) is 86.6 cm³/mol. The number of ether oxygens (including phenoxy) is 1. The Hall–Kier alpha value is -1.06. The minimum Gasteiger partial charge on any atom is -0.494 e. The van der Waals surface area contributed by atoms with Crippen molar-refractivity contribution in [2.24, 2.45) is 5.92 Å². The summed E-state index contributed by atoms with van der Waals surface area (Å²) in [4.78, 5) is 0. The van der Waals surface area contributed by atoms with Gasteiger partial charge in [-0.2, -0.15) is 0 Å². The van der Waals surface area contributed by atoms with Crippen LogP contribution in [0.15, 0.2) is 24.3 Å². The first kappa shape index (κ1) is 16.3. The van der Waals surface area contributed by atoms with Crippen LogP contribution in [0.25, 0.3) is 0 Å². The summed E-state index contributed by atoms with van der Waals surface area (Å²) in [6.07, 6.45) is 4.21. The average molecular weight is 291 g/mol. The zero-order chi connectivity index (χ0) is 15.3. The molecular weight excluding hydrogens is 262 g/mol. The number of hydrogen-bond donors (Lipinski definition) is 2. The Morgan fingerprint density at radius 2 is 2.10 bits per heavy atom. The molecule has 21 heavy (non-hydrogen) atoms. The van der Waals surface area contributed by atoms with Gasteiger partial charge in [-0.05, 0) is 50.3 Å². The normalized spacial score (nSPS) is 27.3. The van der Waals surface area contributed by atoms with Gasteiger partial charge in [-0.15, -0.1) is 0 Å². The van der Waals surface area contributed by atoms with Crippen molar-refractivity contribution in [2.45, 2.75) is 58.1 Å². The smallest absolute Gasteiger partial charge is 0.119 e. The highest BCUT2D eigenvalue weighted by molar-refractivity contribution is 5.28. The summed E-state index contributed by atoms with van der Waals surface area (Å²) in [5.41, 5.74) is 0.697. The van der Waals surface area contributed by atoms with Gasteiger partial charge in [0.25, 0.3) is 0 Å². The van der Waals surface area contributed by atoms with Crippen LogP contribution in [-0.4, -0.2) is 23.9 Å².